The van der Waals surface area contributed by atoms with E-state index in [2.05, 4.69) is 15.9 Å². The van der Waals surface area contributed by atoms with Gasteiger partial charge in [0.1, 0.15) is 0 Å². The Kier molecular flexibility index (Phi) is 2.07. The summed E-state index contributed by atoms with van der Waals surface area (Å²) in [6.45, 7) is 0. The van der Waals surface area contributed by atoms with Crippen LogP contribution < -0.4 is 5.43 Å². The van der Waals surface area contributed by atoms with Crippen LogP contribution in [-0.4, -0.2) is 9.67 Å². The van der Waals surface area contributed by atoms with E-state index in [0.29, 0.717) is 5.39 Å². The first-order chi connectivity index (χ1) is 6.61. The maximum atomic E-state index is 11.5. The number of halogens is 1. The van der Waals surface area contributed by atoms with Gasteiger partial charge in [0, 0.05) is 11.5 Å². The van der Waals surface area contributed by atoms with E-state index in [0.717, 1.165) is 9.99 Å². The van der Waals surface area contributed by atoms with Crippen molar-refractivity contribution < 1.29 is 5.11 Å². The van der Waals surface area contributed by atoms with E-state index in [1.165, 1.54) is 6.20 Å². The molecule has 0 aliphatic heterocycles. The third kappa shape index (κ3) is 1.23. The minimum absolute atomic E-state index is 0.224. The van der Waals surface area contributed by atoms with Crippen molar-refractivity contribution in [3.05, 3.63) is 39.1 Å². The first-order valence-corrected chi connectivity index (χ1v) is 4.87. The lowest BCUT2D eigenvalue weighted by atomic mass is 10.2. The molecule has 2 aromatic rings. The lowest BCUT2D eigenvalue weighted by Crippen LogP contribution is -2.06. The van der Waals surface area contributed by atoms with Crippen molar-refractivity contribution in [1.29, 1.82) is 0 Å². The van der Waals surface area contributed by atoms with Crippen LogP contribution in [0, 0.1) is 0 Å². The lowest BCUT2D eigenvalue weighted by molar-refractivity contribution is 0.466. The zero-order chi connectivity index (χ0) is 10.3. The monoisotopic (exact) mass is 253 g/mol. The third-order valence-corrected chi connectivity index (χ3v) is 2.77. The van der Waals surface area contributed by atoms with Gasteiger partial charge < -0.3 is 9.67 Å². The first kappa shape index (κ1) is 9.27. The maximum Gasteiger partial charge on any atom is 0.230 e. The van der Waals surface area contributed by atoms with Crippen molar-refractivity contribution in [3.8, 4) is 5.75 Å². The zero-order valence-corrected chi connectivity index (χ0v) is 9.08. The Balaban J connectivity index is 3.10. The van der Waals surface area contributed by atoms with E-state index >= 15 is 0 Å². The van der Waals surface area contributed by atoms with Gasteiger partial charge in [0.05, 0.1) is 17.1 Å². The van der Waals surface area contributed by atoms with Gasteiger partial charge in [-0.15, -0.1) is 0 Å². The van der Waals surface area contributed by atoms with Gasteiger partial charge in [0.15, 0.2) is 5.75 Å². The van der Waals surface area contributed by atoms with Crippen LogP contribution in [0.1, 0.15) is 0 Å². The molecular weight excluding hydrogens is 246 g/mol. The number of aromatic nitrogens is 1. The van der Waals surface area contributed by atoms with Crippen molar-refractivity contribution in [3.63, 3.8) is 0 Å². The summed E-state index contributed by atoms with van der Waals surface area (Å²) >= 11 is 3.37. The SMILES string of the molecule is Cn1cc(O)c(=O)c2cccc(Br)c21. The highest BCUT2D eigenvalue weighted by molar-refractivity contribution is 9.10. The number of para-hydroxylation sites is 1. The molecule has 0 atom stereocenters. The fourth-order valence-corrected chi connectivity index (χ4v) is 2.15. The number of benzene rings is 1. The van der Waals surface area contributed by atoms with Crippen LogP contribution in [0.3, 0.4) is 0 Å². The molecule has 0 saturated carbocycles. The number of aryl methyl sites for hydroxylation is 1. The Morgan fingerprint density at radius 1 is 1.43 bits per heavy atom. The molecule has 0 aliphatic carbocycles. The van der Waals surface area contributed by atoms with Crippen molar-refractivity contribution >= 4 is 26.8 Å². The molecule has 0 amide bonds. The van der Waals surface area contributed by atoms with Crippen molar-refractivity contribution in [2.45, 2.75) is 0 Å². The van der Waals surface area contributed by atoms with Gasteiger partial charge in [-0.1, -0.05) is 6.07 Å². The molecule has 2 rings (SSSR count). The number of fused-ring (bicyclic) bond motifs is 1. The molecule has 0 bridgehead atoms. The molecule has 72 valence electrons. The van der Waals surface area contributed by atoms with E-state index in [9.17, 15) is 9.90 Å². The molecule has 0 fully saturated rings. The molecule has 0 unspecified atom stereocenters. The predicted molar refractivity (Wildman–Crippen MR) is 58.6 cm³/mol. The molecule has 0 aliphatic rings. The highest BCUT2D eigenvalue weighted by atomic mass is 79.9. The average Bonchev–Trinajstić information content (AvgIpc) is 2.14. The number of pyridine rings is 1. The van der Waals surface area contributed by atoms with Gasteiger partial charge in [0.2, 0.25) is 5.43 Å². The van der Waals surface area contributed by atoms with Gasteiger partial charge in [-0.05, 0) is 28.1 Å². The molecular formula is C10H8BrNO2. The Morgan fingerprint density at radius 2 is 2.14 bits per heavy atom. The van der Waals surface area contributed by atoms with E-state index < -0.39 is 0 Å². The van der Waals surface area contributed by atoms with Crippen LogP contribution >= 0.6 is 15.9 Å². The fourth-order valence-electron chi connectivity index (χ4n) is 1.50. The molecule has 0 radical (unpaired) electrons. The van der Waals surface area contributed by atoms with E-state index in [4.69, 9.17) is 0 Å². The molecule has 14 heavy (non-hydrogen) atoms. The van der Waals surface area contributed by atoms with Gasteiger partial charge in [-0.25, -0.2) is 0 Å². The maximum absolute atomic E-state index is 11.5. The number of nitrogens with zero attached hydrogens (tertiary/aromatic N) is 1. The highest BCUT2D eigenvalue weighted by Gasteiger charge is 2.07. The number of hydrogen-bond acceptors (Lipinski definition) is 2. The molecule has 1 aromatic carbocycles. The minimum atomic E-state index is -0.334. The quantitative estimate of drug-likeness (QED) is 0.781. The van der Waals surface area contributed by atoms with Gasteiger partial charge >= 0.3 is 0 Å². The Bertz CT molecular complexity index is 560. The lowest BCUT2D eigenvalue weighted by Gasteiger charge is -2.07. The second kappa shape index (κ2) is 3.13. The van der Waals surface area contributed by atoms with Crippen LogP contribution in [0.5, 0.6) is 5.75 Å². The van der Waals surface area contributed by atoms with Crippen molar-refractivity contribution in [2.24, 2.45) is 7.05 Å². The van der Waals surface area contributed by atoms with E-state index in [1.54, 1.807) is 23.7 Å². The van der Waals surface area contributed by atoms with Crippen molar-refractivity contribution in [2.75, 3.05) is 0 Å². The first-order valence-electron chi connectivity index (χ1n) is 4.08. The number of hydrogen-bond donors (Lipinski definition) is 1. The van der Waals surface area contributed by atoms with Crippen molar-refractivity contribution in [1.82, 2.24) is 4.57 Å². The predicted octanol–water partition coefficient (Wildman–Crippen LogP) is 2.01. The molecule has 1 aromatic heterocycles. The third-order valence-electron chi connectivity index (χ3n) is 2.13. The van der Waals surface area contributed by atoms with Gasteiger partial charge in [-0.3, -0.25) is 4.79 Å². The standard InChI is InChI=1S/C10H8BrNO2/c1-12-5-8(13)10(14)6-3-2-4-7(11)9(6)12/h2-5,13H,1H3. The van der Waals surface area contributed by atoms with Crippen LogP contribution in [0.4, 0.5) is 0 Å². The smallest absolute Gasteiger partial charge is 0.230 e. The Morgan fingerprint density at radius 3 is 2.86 bits per heavy atom. The summed E-state index contributed by atoms with van der Waals surface area (Å²) < 4.78 is 2.56. The Labute approximate surface area is 88.7 Å². The normalized spacial score (nSPS) is 10.7. The summed E-state index contributed by atoms with van der Waals surface area (Å²) in [6, 6.07) is 5.33. The second-order valence-electron chi connectivity index (χ2n) is 3.09. The van der Waals surface area contributed by atoms with Crippen LogP contribution in [-0.2, 0) is 7.05 Å². The molecule has 3 nitrogen and oxygen atoms in total. The van der Waals surface area contributed by atoms with Crippen LogP contribution in [0.15, 0.2) is 33.7 Å². The minimum Gasteiger partial charge on any atom is -0.503 e. The highest BCUT2D eigenvalue weighted by Crippen LogP contribution is 2.22. The molecule has 4 heteroatoms. The molecule has 1 heterocycles. The molecule has 0 saturated heterocycles. The number of rotatable bonds is 0. The Hall–Kier alpha value is -1.29. The summed E-state index contributed by atoms with van der Waals surface area (Å²) in [4.78, 5) is 11.5. The summed E-state index contributed by atoms with van der Waals surface area (Å²) in [6.07, 6.45) is 1.41. The van der Waals surface area contributed by atoms with Crippen LogP contribution in [0.25, 0.3) is 10.9 Å². The average molecular weight is 254 g/mol. The van der Waals surface area contributed by atoms with Crippen LogP contribution in [0.2, 0.25) is 0 Å². The summed E-state index contributed by atoms with van der Waals surface area (Å²) in [5.74, 6) is -0.224. The summed E-state index contributed by atoms with van der Waals surface area (Å²) in [5.41, 5.74) is 0.453. The van der Waals surface area contributed by atoms with Gasteiger partial charge in [0.25, 0.3) is 0 Å². The topological polar surface area (TPSA) is 42.2 Å². The summed E-state index contributed by atoms with van der Waals surface area (Å²) in [7, 11) is 1.78. The second-order valence-corrected chi connectivity index (χ2v) is 3.94. The number of aromatic hydroxyl groups is 1. The van der Waals surface area contributed by atoms with E-state index in [1.807, 2.05) is 6.07 Å². The summed E-state index contributed by atoms with van der Waals surface area (Å²) in [5, 5.41) is 9.86. The fraction of sp³-hybridized carbons (Fsp3) is 0.100. The molecule has 0 spiro atoms. The van der Waals surface area contributed by atoms with E-state index in [-0.39, 0.29) is 11.2 Å². The van der Waals surface area contributed by atoms with Gasteiger partial charge in [-0.2, -0.15) is 0 Å². The molecule has 1 N–H and O–H groups in total. The largest absolute Gasteiger partial charge is 0.503 e. The zero-order valence-electron chi connectivity index (χ0n) is 7.49.